The second-order valence-electron chi connectivity index (χ2n) is 7.77. The Balaban J connectivity index is 1.91. The van der Waals surface area contributed by atoms with Crippen molar-refractivity contribution in [3.05, 3.63) is 35.4 Å². The molecule has 1 aromatic rings. The van der Waals surface area contributed by atoms with Gasteiger partial charge in [-0.3, -0.25) is 9.79 Å². The Kier molecular flexibility index (Phi) is 8.62. The summed E-state index contributed by atoms with van der Waals surface area (Å²) in [5.41, 5.74) is 1.84. The zero-order valence-electron chi connectivity index (χ0n) is 17.4. The van der Waals surface area contributed by atoms with E-state index in [0.29, 0.717) is 12.1 Å². The van der Waals surface area contributed by atoms with Crippen molar-refractivity contribution in [1.29, 1.82) is 0 Å². The van der Waals surface area contributed by atoms with Crippen LogP contribution in [0.25, 0.3) is 0 Å². The second kappa shape index (κ2) is 11.0. The van der Waals surface area contributed by atoms with Gasteiger partial charge in [-0.1, -0.05) is 31.9 Å². The molecule has 5 heteroatoms. The van der Waals surface area contributed by atoms with Gasteiger partial charge in [-0.15, -0.1) is 0 Å². The van der Waals surface area contributed by atoms with Crippen LogP contribution in [0.4, 0.5) is 0 Å². The number of hydrogen-bond acceptors (Lipinski definition) is 2. The van der Waals surface area contributed by atoms with Crippen LogP contribution in [0.5, 0.6) is 0 Å². The molecule has 1 amide bonds. The van der Waals surface area contributed by atoms with Crippen molar-refractivity contribution in [2.75, 3.05) is 33.7 Å². The summed E-state index contributed by atoms with van der Waals surface area (Å²) in [6.07, 6.45) is 6.20. The predicted molar refractivity (Wildman–Crippen MR) is 113 cm³/mol. The van der Waals surface area contributed by atoms with E-state index in [0.717, 1.165) is 42.9 Å². The number of rotatable bonds is 7. The molecule has 2 N–H and O–H groups in total. The summed E-state index contributed by atoms with van der Waals surface area (Å²) in [6, 6.07) is 7.79. The lowest BCUT2D eigenvalue weighted by Gasteiger charge is -2.31. The quantitative estimate of drug-likeness (QED) is 0.570. The van der Waals surface area contributed by atoms with Gasteiger partial charge in [0.1, 0.15) is 0 Å². The van der Waals surface area contributed by atoms with Crippen LogP contribution in [-0.4, -0.2) is 50.5 Å². The van der Waals surface area contributed by atoms with E-state index in [1.165, 1.54) is 25.7 Å². The van der Waals surface area contributed by atoms with Crippen LogP contribution < -0.4 is 10.6 Å². The lowest BCUT2D eigenvalue weighted by atomic mass is 9.83. The van der Waals surface area contributed by atoms with Gasteiger partial charge in [0, 0.05) is 39.3 Å². The zero-order valence-corrected chi connectivity index (χ0v) is 17.4. The largest absolute Gasteiger partial charge is 0.357 e. The summed E-state index contributed by atoms with van der Waals surface area (Å²) >= 11 is 0. The van der Waals surface area contributed by atoms with Crippen molar-refractivity contribution in [2.45, 2.75) is 46.0 Å². The fourth-order valence-electron chi connectivity index (χ4n) is 3.76. The number of guanidine groups is 1. The minimum atomic E-state index is -0.0461. The van der Waals surface area contributed by atoms with E-state index in [-0.39, 0.29) is 5.91 Å². The Bertz CT molecular complexity index is 620. The van der Waals surface area contributed by atoms with Crippen LogP contribution in [0.1, 0.15) is 55.5 Å². The molecule has 0 unspecified atom stereocenters. The standard InChI is InChI=1S/C22H36N4O/c1-5-24-22(26(4)16-19-11-9-17(2)10-12-19)25-14-13-18-7-6-8-20(15-18)21(27)23-3/h6-8,15,17,19H,5,9-14,16H2,1-4H3,(H,23,27)(H,24,25). The fourth-order valence-corrected chi connectivity index (χ4v) is 3.76. The van der Waals surface area contributed by atoms with Crippen LogP contribution in [0.15, 0.2) is 29.3 Å². The molecular weight excluding hydrogens is 336 g/mol. The van der Waals surface area contributed by atoms with Crippen molar-refractivity contribution in [1.82, 2.24) is 15.5 Å². The number of nitrogens with zero attached hydrogens (tertiary/aromatic N) is 2. The van der Waals surface area contributed by atoms with Crippen molar-refractivity contribution in [3.63, 3.8) is 0 Å². The molecule has 1 saturated carbocycles. The van der Waals surface area contributed by atoms with E-state index in [1.54, 1.807) is 7.05 Å². The Morgan fingerprint density at radius 3 is 2.67 bits per heavy atom. The number of nitrogens with one attached hydrogen (secondary N) is 2. The van der Waals surface area contributed by atoms with Crippen LogP contribution in [0.3, 0.4) is 0 Å². The molecule has 5 nitrogen and oxygen atoms in total. The van der Waals surface area contributed by atoms with Gasteiger partial charge in [-0.2, -0.15) is 0 Å². The van der Waals surface area contributed by atoms with E-state index >= 15 is 0 Å². The van der Waals surface area contributed by atoms with Crippen LogP contribution in [0, 0.1) is 11.8 Å². The fraction of sp³-hybridized carbons (Fsp3) is 0.636. The Morgan fingerprint density at radius 1 is 1.26 bits per heavy atom. The molecule has 0 heterocycles. The van der Waals surface area contributed by atoms with Crippen LogP contribution in [0.2, 0.25) is 0 Å². The van der Waals surface area contributed by atoms with Gasteiger partial charge >= 0.3 is 0 Å². The molecule has 1 aromatic carbocycles. The molecular formula is C22H36N4O. The first kappa shape index (κ1) is 21.3. The van der Waals surface area contributed by atoms with Crippen molar-refractivity contribution in [2.24, 2.45) is 16.8 Å². The maximum absolute atomic E-state index is 11.8. The summed E-state index contributed by atoms with van der Waals surface area (Å²) in [5, 5.41) is 6.09. The molecule has 0 spiro atoms. The van der Waals surface area contributed by atoms with Crippen molar-refractivity contribution >= 4 is 11.9 Å². The average molecular weight is 373 g/mol. The van der Waals surface area contributed by atoms with Gasteiger partial charge in [0.05, 0.1) is 0 Å². The summed E-state index contributed by atoms with van der Waals surface area (Å²) < 4.78 is 0. The molecule has 150 valence electrons. The number of aliphatic imine (C=N–C) groups is 1. The van der Waals surface area contributed by atoms with Crippen LogP contribution in [-0.2, 0) is 6.42 Å². The summed E-state index contributed by atoms with van der Waals surface area (Å²) in [4.78, 5) is 18.9. The van der Waals surface area contributed by atoms with Gasteiger partial charge in [0.2, 0.25) is 0 Å². The molecule has 0 radical (unpaired) electrons. The minimum Gasteiger partial charge on any atom is -0.357 e. The molecule has 0 atom stereocenters. The molecule has 1 aliphatic carbocycles. The molecule has 1 fully saturated rings. The first-order chi connectivity index (χ1) is 13.0. The van der Waals surface area contributed by atoms with Crippen LogP contribution >= 0.6 is 0 Å². The number of amides is 1. The molecule has 0 aromatic heterocycles. The Morgan fingerprint density at radius 2 is 2.00 bits per heavy atom. The molecule has 2 rings (SSSR count). The first-order valence-corrected chi connectivity index (χ1v) is 10.3. The second-order valence-corrected chi connectivity index (χ2v) is 7.77. The maximum atomic E-state index is 11.8. The van der Waals surface area contributed by atoms with Crippen molar-refractivity contribution in [3.8, 4) is 0 Å². The van der Waals surface area contributed by atoms with Crippen molar-refractivity contribution < 1.29 is 4.79 Å². The first-order valence-electron chi connectivity index (χ1n) is 10.3. The number of carbonyl (C=O) groups is 1. The lowest BCUT2D eigenvalue weighted by Crippen LogP contribution is -2.42. The minimum absolute atomic E-state index is 0.0461. The monoisotopic (exact) mass is 372 g/mol. The molecule has 0 bridgehead atoms. The third-order valence-electron chi connectivity index (χ3n) is 5.44. The summed E-state index contributed by atoms with van der Waals surface area (Å²) in [7, 11) is 3.80. The highest BCUT2D eigenvalue weighted by Gasteiger charge is 2.20. The molecule has 0 aliphatic heterocycles. The summed E-state index contributed by atoms with van der Waals surface area (Å²) in [6.45, 7) is 7.14. The number of hydrogen-bond donors (Lipinski definition) is 2. The Hall–Kier alpha value is -2.04. The van der Waals surface area contributed by atoms with Gasteiger partial charge in [-0.05, 0) is 55.7 Å². The number of carbonyl (C=O) groups excluding carboxylic acids is 1. The van der Waals surface area contributed by atoms with E-state index in [4.69, 9.17) is 4.99 Å². The summed E-state index contributed by atoms with van der Waals surface area (Å²) in [5.74, 6) is 2.60. The van der Waals surface area contributed by atoms with E-state index in [2.05, 4.69) is 42.5 Å². The van der Waals surface area contributed by atoms with Gasteiger partial charge < -0.3 is 15.5 Å². The zero-order chi connectivity index (χ0) is 19.6. The van der Waals surface area contributed by atoms with Gasteiger partial charge in [-0.25, -0.2) is 0 Å². The topological polar surface area (TPSA) is 56.7 Å². The smallest absolute Gasteiger partial charge is 0.251 e. The Labute approximate surface area is 164 Å². The predicted octanol–water partition coefficient (Wildman–Crippen LogP) is 3.31. The average Bonchev–Trinajstić information content (AvgIpc) is 2.68. The third kappa shape index (κ3) is 6.89. The molecule has 0 saturated heterocycles. The molecule has 1 aliphatic rings. The maximum Gasteiger partial charge on any atom is 0.251 e. The third-order valence-corrected chi connectivity index (χ3v) is 5.44. The lowest BCUT2D eigenvalue weighted by molar-refractivity contribution is 0.0963. The highest BCUT2D eigenvalue weighted by Crippen LogP contribution is 2.28. The SMILES string of the molecule is CCNC(=NCCc1cccc(C(=O)NC)c1)N(C)CC1CCC(C)CC1. The van der Waals surface area contributed by atoms with Gasteiger partial charge in [0.15, 0.2) is 5.96 Å². The highest BCUT2D eigenvalue weighted by molar-refractivity contribution is 5.94. The number of benzene rings is 1. The van der Waals surface area contributed by atoms with E-state index in [9.17, 15) is 4.79 Å². The van der Waals surface area contributed by atoms with Gasteiger partial charge in [0.25, 0.3) is 5.91 Å². The van der Waals surface area contributed by atoms with E-state index in [1.807, 2.05) is 18.2 Å². The molecule has 27 heavy (non-hydrogen) atoms. The van der Waals surface area contributed by atoms with E-state index < -0.39 is 0 Å². The highest BCUT2D eigenvalue weighted by atomic mass is 16.1. The normalized spacial score (nSPS) is 20.2.